The molecule has 10 nitrogen and oxygen atoms in total. The number of carbonyl (C=O) groups is 3. The number of hydrogen-bond acceptors (Lipinski definition) is 5. The molecular formula is C22H22ClN7O3. The Balaban J connectivity index is 1.44. The lowest BCUT2D eigenvalue weighted by Crippen LogP contribution is -2.51. The van der Waals surface area contributed by atoms with Gasteiger partial charge in [0.1, 0.15) is 11.3 Å². The van der Waals surface area contributed by atoms with Crippen LogP contribution in [-0.4, -0.2) is 74.9 Å². The molecule has 1 aromatic carbocycles. The van der Waals surface area contributed by atoms with Crippen LogP contribution in [-0.2, 0) is 11.3 Å². The number of pyridine rings is 1. The van der Waals surface area contributed by atoms with Crippen molar-refractivity contribution in [3.63, 3.8) is 0 Å². The number of anilines is 1. The highest BCUT2D eigenvalue weighted by molar-refractivity contribution is 6.33. The number of imidazole rings is 1. The molecule has 1 fully saturated rings. The van der Waals surface area contributed by atoms with Crippen molar-refractivity contribution in [3.05, 3.63) is 41.0 Å². The van der Waals surface area contributed by atoms with Crippen LogP contribution >= 0.6 is 11.6 Å². The number of aromatic nitrogens is 3. The van der Waals surface area contributed by atoms with E-state index in [-0.39, 0.29) is 17.8 Å². The summed E-state index contributed by atoms with van der Waals surface area (Å²) in [5, 5.41) is 6.17. The van der Waals surface area contributed by atoms with Gasteiger partial charge in [0.15, 0.2) is 5.65 Å². The normalized spacial score (nSPS) is 15.9. The highest BCUT2D eigenvalue weighted by atomic mass is 35.5. The third-order valence-corrected chi connectivity index (χ3v) is 6.32. The van der Waals surface area contributed by atoms with Gasteiger partial charge in [-0.15, -0.1) is 0 Å². The van der Waals surface area contributed by atoms with Crippen LogP contribution in [0, 0.1) is 0 Å². The fraction of sp³-hybridized carbons (Fsp3) is 0.318. The standard InChI is InChI=1S/C22H22ClN7O3/c1-13(31)28-8-10-29(11-9-28)22(33)26-17-12-14(2-3-16(17)23)20-27-19-18-15(4-5-24-19)21(32)25-6-7-30(18)20/h2-5,12H,6-11H2,1H3,(H,25,32)(H,26,33). The number of nitrogens with zero attached hydrogens (tertiary/aromatic N) is 5. The SMILES string of the molecule is CC(=O)N1CCN(C(=O)Nc2cc(-c3nc4nccc5c4n3CCNC5=O)ccc2Cl)CC1. The largest absolute Gasteiger partial charge is 0.350 e. The van der Waals surface area contributed by atoms with Crippen molar-refractivity contribution in [2.24, 2.45) is 0 Å². The minimum atomic E-state index is -0.276. The molecule has 0 radical (unpaired) electrons. The minimum absolute atomic E-state index is 0.00667. The number of urea groups is 1. The molecule has 4 heterocycles. The van der Waals surface area contributed by atoms with Crippen LogP contribution in [0.25, 0.3) is 22.6 Å². The lowest BCUT2D eigenvalue weighted by Gasteiger charge is -2.34. The lowest BCUT2D eigenvalue weighted by molar-refractivity contribution is -0.130. The van der Waals surface area contributed by atoms with E-state index in [2.05, 4.69) is 20.6 Å². The Kier molecular flexibility index (Phi) is 5.37. The Labute approximate surface area is 194 Å². The molecule has 0 atom stereocenters. The number of carbonyl (C=O) groups excluding carboxylic acids is 3. The summed E-state index contributed by atoms with van der Waals surface area (Å²) < 4.78 is 1.96. The quantitative estimate of drug-likeness (QED) is 0.600. The van der Waals surface area contributed by atoms with Gasteiger partial charge in [0, 0.05) is 58.0 Å². The molecule has 2 aliphatic rings. The van der Waals surface area contributed by atoms with Gasteiger partial charge in [-0.25, -0.2) is 14.8 Å². The zero-order valence-electron chi connectivity index (χ0n) is 18.0. The maximum atomic E-state index is 12.8. The molecule has 170 valence electrons. The van der Waals surface area contributed by atoms with Gasteiger partial charge in [-0.05, 0) is 24.3 Å². The van der Waals surface area contributed by atoms with Crippen LogP contribution in [0.2, 0.25) is 5.02 Å². The molecular weight excluding hydrogens is 446 g/mol. The van der Waals surface area contributed by atoms with Gasteiger partial charge in [0.2, 0.25) is 5.91 Å². The monoisotopic (exact) mass is 467 g/mol. The molecule has 11 heteroatoms. The lowest BCUT2D eigenvalue weighted by atomic mass is 10.2. The van der Waals surface area contributed by atoms with E-state index in [0.717, 1.165) is 5.56 Å². The van der Waals surface area contributed by atoms with E-state index < -0.39 is 0 Å². The summed E-state index contributed by atoms with van der Waals surface area (Å²) in [4.78, 5) is 49.1. The summed E-state index contributed by atoms with van der Waals surface area (Å²) >= 11 is 6.39. The van der Waals surface area contributed by atoms with E-state index in [1.807, 2.05) is 10.6 Å². The Morgan fingerprint density at radius 1 is 1.09 bits per heavy atom. The number of amides is 4. The molecule has 0 bridgehead atoms. The Morgan fingerprint density at radius 3 is 2.61 bits per heavy atom. The van der Waals surface area contributed by atoms with Crippen molar-refractivity contribution in [2.45, 2.75) is 13.5 Å². The number of benzene rings is 1. The summed E-state index contributed by atoms with van der Waals surface area (Å²) in [5.41, 5.74) is 2.91. The molecule has 0 aliphatic carbocycles. The van der Waals surface area contributed by atoms with Crippen molar-refractivity contribution in [3.8, 4) is 11.4 Å². The van der Waals surface area contributed by atoms with Gasteiger partial charge in [-0.3, -0.25) is 9.59 Å². The number of hydrogen-bond donors (Lipinski definition) is 2. The second-order valence-electron chi connectivity index (χ2n) is 7.99. The zero-order valence-corrected chi connectivity index (χ0v) is 18.7. The molecule has 0 saturated carbocycles. The Hall–Kier alpha value is -3.66. The van der Waals surface area contributed by atoms with Gasteiger partial charge in [-0.1, -0.05) is 11.6 Å². The summed E-state index contributed by atoms with van der Waals surface area (Å²) in [6.45, 7) is 4.45. The van der Waals surface area contributed by atoms with E-state index in [0.29, 0.717) is 72.5 Å². The van der Waals surface area contributed by atoms with E-state index in [1.54, 1.807) is 34.2 Å². The summed E-state index contributed by atoms with van der Waals surface area (Å²) in [5.74, 6) is 0.498. The maximum Gasteiger partial charge on any atom is 0.322 e. The first-order valence-corrected chi connectivity index (χ1v) is 11.0. The average Bonchev–Trinajstić information content (AvgIpc) is 3.09. The number of rotatable bonds is 2. The molecule has 2 aliphatic heterocycles. The van der Waals surface area contributed by atoms with E-state index in [4.69, 9.17) is 11.6 Å². The van der Waals surface area contributed by atoms with Crippen molar-refractivity contribution in [1.29, 1.82) is 0 Å². The second-order valence-corrected chi connectivity index (χ2v) is 8.40. The summed E-state index contributed by atoms with van der Waals surface area (Å²) in [6, 6.07) is 6.72. The van der Waals surface area contributed by atoms with Crippen LogP contribution < -0.4 is 10.6 Å². The Morgan fingerprint density at radius 2 is 1.85 bits per heavy atom. The van der Waals surface area contributed by atoms with Crippen LogP contribution in [0.4, 0.5) is 10.5 Å². The predicted molar refractivity (Wildman–Crippen MR) is 123 cm³/mol. The van der Waals surface area contributed by atoms with E-state index in [9.17, 15) is 14.4 Å². The first-order valence-electron chi connectivity index (χ1n) is 10.7. The highest BCUT2D eigenvalue weighted by Crippen LogP contribution is 2.32. The topological polar surface area (TPSA) is 112 Å². The first-order chi connectivity index (χ1) is 15.9. The first kappa shape index (κ1) is 21.2. The fourth-order valence-corrected chi connectivity index (χ4v) is 4.40. The predicted octanol–water partition coefficient (Wildman–Crippen LogP) is 2.19. The smallest absolute Gasteiger partial charge is 0.322 e. The van der Waals surface area contributed by atoms with Crippen LogP contribution in [0.3, 0.4) is 0 Å². The van der Waals surface area contributed by atoms with Crippen molar-refractivity contribution >= 4 is 46.3 Å². The summed E-state index contributed by atoms with van der Waals surface area (Å²) in [7, 11) is 0. The molecule has 4 amide bonds. The Bertz CT molecular complexity index is 1280. The zero-order chi connectivity index (χ0) is 23.1. The van der Waals surface area contributed by atoms with Gasteiger partial charge in [0.25, 0.3) is 5.91 Å². The number of halogens is 1. The third-order valence-electron chi connectivity index (χ3n) is 5.99. The summed E-state index contributed by atoms with van der Waals surface area (Å²) in [6.07, 6.45) is 1.57. The fourth-order valence-electron chi connectivity index (χ4n) is 4.23. The van der Waals surface area contributed by atoms with Crippen LogP contribution in [0.5, 0.6) is 0 Å². The van der Waals surface area contributed by atoms with Crippen LogP contribution in [0.15, 0.2) is 30.5 Å². The van der Waals surface area contributed by atoms with Crippen LogP contribution in [0.1, 0.15) is 17.3 Å². The van der Waals surface area contributed by atoms with Gasteiger partial charge < -0.3 is 25.0 Å². The van der Waals surface area contributed by atoms with E-state index in [1.165, 1.54) is 6.92 Å². The van der Waals surface area contributed by atoms with Gasteiger partial charge >= 0.3 is 6.03 Å². The molecule has 0 spiro atoms. The molecule has 5 rings (SSSR count). The minimum Gasteiger partial charge on any atom is -0.350 e. The highest BCUT2D eigenvalue weighted by Gasteiger charge is 2.25. The molecule has 33 heavy (non-hydrogen) atoms. The molecule has 0 unspecified atom stereocenters. The average molecular weight is 468 g/mol. The molecule has 1 saturated heterocycles. The molecule has 2 N–H and O–H groups in total. The maximum absolute atomic E-state index is 12.8. The number of nitrogens with one attached hydrogen (secondary N) is 2. The molecule has 3 aromatic rings. The third kappa shape index (κ3) is 3.86. The van der Waals surface area contributed by atoms with Crippen molar-refractivity contribution in [1.82, 2.24) is 29.7 Å². The van der Waals surface area contributed by atoms with Gasteiger partial charge in [0.05, 0.1) is 16.3 Å². The van der Waals surface area contributed by atoms with Crippen molar-refractivity contribution in [2.75, 3.05) is 38.0 Å². The van der Waals surface area contributed by atoms with Crippen molar-refractivity contribution < 1.29 is 14.4 Å². The van der Waals surface area contributed by atoms with E-state index >= 15 is 0 Å². The second kappa shape index (κ2) is 8.36. The van der Waals surface area contributed by atoms with Gasteiger partial charge in [-0.2, -0.15) is 0 Å². The molecule has 2 aromatic heterocycles. The number of piperazine rings is 1.